The van der Waals surface area contributed by atoms with Gasteiger partial charge in [-0.2, -0.15) is 8.42 Å². The van der Waals surface area contributed by atoms with Crippen molar-refractivity contribution in [2.75, 3.05) is 0 Å². The van der Waals surface area contributed by atoms with Gasteiger partial charge in [0.25, 0.3) is 0 Å². The van der Waals surface area contributed by atoms with E-state index in [1.807, 2.05) is 6.07 Å². The zero-order valence-electron chi connectivity index (χ0n) is 18.8. The van der Waals surface area contributed by atoms with Crippen molar-refractivity contribution in [2.45, 2.75) is 51.6 Å². The van der Waals surface area contributed by atoms with E-state index in [2.05, 4.69) is 58.1 Å². The predicted octanol–water partition coefficient (Wildman–Crippen LogP) is 5.59. The van der Waals surface area contributed by atoms with Gasteiger partial charge in [0.05, 0.1) is 6.10 Å². The van der Waals surface area contributed by atoms with Crippen molar-refractivity contribution in [3.05, 3.63) is 99.7 Å². The maximum absolute atomic E-state index is 13.3. The molecule has 0 unspecified atom stereocenters. The predicted molar refractivity (Wildman–Crippen MR) is 127 cm³/mol. The van der Waals surface area contributed by atoms with Crippen LogP contribution in [0.25, 0.3) is 0 Å². The summed E-state index contributed by atoms with van der Waals surface area (Å²) >= 11 is 0. The Morgan fingerprint density at radius 1 is 1.00 bits per heavy atom. The first-order chi connectivity index (χ1) is 15.3. The fourth-order valence-corrected chi connectivity index (χ4v) is 6.42. The summed E-state index contributed by atoms with van der Waals surface area (Å²) in [5.74, 6) is 0.724. The fourth-order valence-electron chi connectivity index (χ4n) is 5.01. The molecule has 0 spiro atoms. The van der Waals surface area contributed by atoms with Crippen LogP contribution < -0.4 is 4.18 Å². The molecule has 0 saturated carbocycles. The van der Waals surface area contributed by atoms with Gasteiger partial charge in [-0.25, -0.2) is 0 Å². The van der Waals surface area contributed by atoms with Gasteiger partial charge in [-0.15, -0.1) is 0 Å². The second-order valence-electron chi connectivity index (χ2n) is 9.20. The summed E-state index contributed by atoms with van der Waals surface area (Å²) in [5.41, 5.74) is 7.90. The Bertz CT molecular complexity index is 1250. The minimum Gasteiger partial charge on any atom is -0.382 e. The Hall–Kier alpha value is -2.63. The Labute approximate surface area is 190 Å². The molecular formula is C27H28O4S. The van der Waals surface area contributed by atoms with Gasteiger partial charge in [-0.05, 0) is 70.9 Å². The molecule has 2 aliphatic heterocycles. The Morgan fingerprint density at radius 3 is 2.44 bits per heavy atom. The molecule has 0 amide bonds. The van der Waals surface area contributed by atoms with E-state index in [1.165, 1.54) is 11.1 Å². The Balaban J connectivity index is 1.58. The second kappa shape index (κ2) is 7.75. The zero-order chi connectivity index (χ0) is 22.6. The molecule has 166 valence electrons. The first kappa shape index (κ1) is 21.2. The normalized spacial score (nSPS) is 26.9. The van der Waals surface area contributed by atoms with Crippen molar-refractivity contribution in [2.24, 2.45) is 5.92 Å². The number of benzene rings is 1. The van der Waals surface area contributed by atoms with E-state index in [-0.39, 0.29) is 6.10 Å². The highest BCUT2D eigenvalue weighted by molar-refractivity contribution is 7.87. The molecule has 1 aromatic carbocycles. The maximum Gasteiger partial charge on any atom is 0.315 e. The van der Waals surface area contributed by atoms with Crippen LogP contribution in [0.5, 0.6) is 5.75 Å². The summed E-state index contributed by atoms with van der Waals surface area (Å²) < 4.78 is 38.3. The van der Waals surface area contributed by atoms with Crippen molar-refractivity contribution in [1.82, 2.24) is 0 Å². The van der Waals surface area contributed by atoms with Crippen LogP contribution in [0.3, 0.4) is 0 Å². The van der Waals surface area contributed by atoms with E-state index >= 15 is 0 Å². The first-order valence-corrected chi connectivity index (χ1v) is 12.6. The van der Waals surface area contributed by atoms with E-state index in [1.54, 1.807) is 24.3 Å². The summed E-state index contributed by atoms with van der Waals surface area (Å²) in [6.45, 7) is 8.60. The number of ether oxygens (including phenoxy) is 1. The molecule has 1 saturated heterocycles. The number of hydrogen-bond acceptors (Lipinski definition) is 4. The van der Waals surface area contributed by atoms with Crippen LogP contribution >= 0.6 is 0 Å². The Morgan fingerprint density at radius 2 is 1.72 bits per heavy atom. The van der Waals surface area contributed by atoms with Gasteiger partial charge < -0.3 is 8.92 Å². The summed E-state index contributed by atoms with van der Waals surface area (Å²) in [7, 11) is -3.86. The maximum atomic E-state index is 13.3. The van der Waals surface area contributed by atoms with E-state index in [4.69, 9.17) is 8.92 Å². The lowest BCUT2D eigenvalue weighted by molar-refractivity contribution is 0.114. The molecule has 5 rings (SSSR count). The molecule has 1 fully saturated rings. The number of para-hydroxylation sites is 1. The highest BCUT2D eigenvalue weighted by atomic mass is 32.2. The van der Waals surface area contributed by atoms with Crippen LogP contribution in [0.2, 0.25) is 0 Å². The zero-order valence-corrected chi connectivity index (χ0v) is 19.6. The lowest BCUT2D eigenvalue weighted by atomic mass is 9.82. The van der Waals surface area contributed by atoms with E-state index < -0.39 is 21.5 Å². The molecule has 0 aromatic heterocycles. The molecule has 5 heteroatoms. The van der Waals surface area contributed by atoms with Gasteiger partial charge in [0, 0.05) is 6.42 Å². The molecule has 1 aromatic rings. The van der Waals surface area contributed by atoms with Crippen molar-refractivity contribution < 1.29 is 17.3 Å². The van der Waals surface area contributed by atoms with E-state index in [0.29, 0.717) is 18.1 Å². The van der Waals surface area contributed by atoms with Gasteiger partial charge in [0.1, 0.15) is 17.1 Å². The highest BCUT2D eigenvalue weighted by Gasteiger charge is 2.54. The average molecular weight is 449 g/mol. The SMILES string of the molecule is CC1=C2C=C(C(C)C)C=CC(C)=C2C2=C(C=C1)[C@@H]1C[C@@H](S(=O)(=O)Oc3ccccc3)[C@H]2O1. The molecular weight excluding hydrogens is 420 g/mol. The molecule has 2 heterocycles. The van der Waals surface area contributed by atoms with E-state index in [9.17, 15) is 8.42 Å². The third kappa shape index (κ3) is 3.44. The third-order valence-corrected chi connectivity index (χ3v) is 8.34. The monoisotopic (exact) mass is 448 g/mol. The lowest BCUT2D eigenvalue weighted by Crippen LogP contribution is -2.36. The summed E-state index contributed by atoms with van der Waals surface area (Å²) in [6.07, 6.45) is 10.5. The number of rotatable bonds is 4. The number of allylic oxidation sites excluding steroid dienone is 8. The molecule has 0 radical (unpaired) electrons. The second-order valence-corrected chi connectivity index (χ2v) is 11.0. The number of hydrogen-bond donors (Lipinski definition) is 0. The molecule has 4 nitrogen and oxygen atoms in total. The van der Waals surface area contributed by atoms with Crippen LogP contribution in [-0.4, -0.2) is 25.9 Å². The van der Waals surface area contributed by atoms with Gasteiger partial charge in [0.2, 0.25) is 0 Å². The van der Waals surface area contributed by atoms with Crippen LogP contribution in [0.1, 0.15) is 34.1 Å². The van der Waals surface area contributed by atoms with Crippen molar-refractivity contribution in [1.29, 1.82) is 0 Å². The van der Waals surface area contributed by atoms with Gasteiger partial charge in [0.15, 0.2) is 0 Å². The van der Waals surface area contributed by atoms with Gasteiger partial charge in [-0.3, -0.25) is 0 Å². The van der Waals surface area contributed by atoms with Crippen LogP contribution in [-0.2, 0) is 14.9 Å². The molecule has 32 heavy (non-hydrogen) atoms. The summed E-state index contributed by atoms with van der Waals surface area (Å²) in [5, 5.41) is -0.736. The van der Waals surface area contributed by atoms with E-state index in [0.717, 1.165) is 27.9 Å². The van der Waals surface area contributed by atoms with Crippen LogP contribution in [0, 0.1) is 5.92 Å². The minimum atomic E-state index is -3.86. The molecule has 3 atom stereocenters. The highest BCUT2D eigenvalue weighted by Crippen LogP contribution is 2.50. The third-order valence-electron chi connectivity index (χ3n) is 6.74. The number of fused-ring (bicyclic) bond motifs is 6. The largest absolute Gasteiger partial charge is 0.382 e. The van der Waals surface area contributed by atoms with Crippen molar-refractivity contribution >= 4 is 10.1 Å². The van der Waals surface area contributed by atoms with Crippen LogP contribution in [0.15, 0.2) is 99.7 Å². The molecule has 2 bridgehead atoms. The molecule has 2 aliphatic carbocycles. The first-order valence-electron chi connectivity index (χ1n) is 11.1. The standard InChI is InChI=1S/C27H28O4S/c1-16(2)19-12-10-18(4)25-22(14-19)17(3)11-13-21-23-15-24(27(30-23)26(21)25)32(28,29)31-20-8-6-5-7-9-20/h5-14,16,23-24,27H,15H2,1-4H3/t23-,24+,27+/m0/s1. The molecule has 0 N–H and O–H groups in total. The lowest BCUT2D eigenvalue weighted by Gasteiger charge is -2.26. The van der Waals surface area contributed by atoms with Crippen molar-refractivity contribution in [3.8, 4) is 5.75 Å². The summed E-state index contributed by atoms with van der Waals surface area (Å²) in [4.78, 5) is 0. The quantitative estimate of drug-likeness (QED) is 0.564. The fraction of sp³-hybridized carbons (Fsp3) is 0.333. The smallest absolute Gasteiger partial charge is 0.315 e. The van der Waals surface area contributed by atoms with Crippen molar-refractivity contribution in [3.63, 3.8) is 0 Å². The molecule has 4 aliphatic rings. The van der Waals surface area contributed by atoms with Gasteiger partial charge >= 0.3 is 10.1 Å². The average Bonchev–Trinajstić information content (AvgIpc) is 3.23. The Kier molecular flexibility index (Phi) is 5.14. The minimum absolute atomic E-state index is 0.237. The topological polar surface area (TPSA) is 52.6 Å². The van der Waals surface area contributed by atoms with Crippen LogP contribution in [0.4, 0.5) is 0 Å². The summed E-state index contributed by atoms with van der Waals surface area (Å²) in [6, 6.07) is 8.69. The van der Waals surface area contributed by atoms with Gasteiger partial charge in [-0.1, -0.05) is 62.4 Å².